The topological polar surface area (TPSA) is 27.7 Å². The molecule has 0 amide bonds. The van der Waals surface area contributed by atoms with Gasteiger partial charge in [0.05, 0.1) is 13.2 Å². The Balaban J connectivity index is 2.72. The Morgan fingerprint density at radius 1 is 1.30 bits per heavy atom. The molecule has 10 heavy (non-hydrogen) atoms. The predicted molar refractivity (Wildman–Crippen MR) is 37.5 cm³/mol. The largest absolute Gasteiger partial charge is 0.382 e. The zero-order valence-corrected chi connectivity index (χ0v) is 6.13. The highest BCUT2D eigenvalue weighted by molar-refractivity contribution is 4.82. The van der Waals surface area contributed by atoms with Gasteiger partial charge in [0.25, 0.3) is 0 Å². The summed E-state index contributed by atoms with van der Waals surface area (Å²) in [4.78, 5) is 0. The highest BCUT2D eigenvalue weighted by Crippen LogP contribution is 1.77. The summed E-state index contributed by atoms with van der Waals surface area (Å²) >= 11 is 0. The lowest BCUT2D eigenvalue weighted by atomic mass is 10.8. The van der Waals surface area contributed by atoms with Crippen LogP contribution in [0, 0.1) is 12.3 Å². The third-order valence-corrected chi connectivity index (χ3v) is 0.784. The van der Waals surface area contributed by atoms with E-state index in [-0.39, 0.29) is 6.79 Å². The molecule has 0 aliphatic carbocycles. The fourth-order valence-corrected chi connectivity index (χ4v) is 0.361. The SMILES string of the molecule is C#CCOCOCCOC. The van der Waals surface area contributed by atoms with Gasteiger partial charge in [-0.15, -0.1) is 6.42 Å². The van der Waals surface area contributed by atoms with E-state index >= 15 is 0 Å². The van der Waals surface area contributed by atoms with Crippen LogP contribution in [0.25, 0.3) is 0 Å². The normalized spacial score (nSPS) is 9.20. The molecule has 0 heterocycles. The summed E-state index contributed by atoms with van der Waals surface area (Å²) in [6, 6.07) is 0. The molecule has 0 aromatic carbocycles. The van der Waals surface area contributed by atoms with Crippen molar-refractivity contribution in [2.45, 2.75) is 0 Å². The Hall–Kier alpha value is -0.560. The van der Waals surface area contributed by atoms with Crippen molar-refractivity contribution in [2.75, 3.05) is 33.7 Å². The van der Waals surface area contributed by atoms with Crippen molar-refractivity contribution in [3.63, 3.8) is 0 Å². The van der Waals surface area contributed by atoms with Crippen LogP contribution in [0.4, 0.5) is 0 Å². The van der Waals surface area contributed by atoms with Gasteiger partial charge in [0.15, 0.2) is 0 Å². The number of hydrogen-bond donors (Lipinski definition) is 0. The van der Waals surface area contributed by atoms with E-state index < -0.39 is 0 Å². The Morgan fingerprint density at radius 2 is 2.10 bits per heavy atom. The molecule has 0 spiro atoms. The average molecular weight is 144 g/mol. The van der Waals surface area contributed by atoms with Crippen molar-refractivity contribution in [3.8, 4) is 12.3 Å². The van der Waals surface area contributed by atoms with Crippen LogP contribution in [0.5, 0.6) is 0 Å². The van der Waals surface area contributed by atoms with Gasteiger partial charge in [0.1, 0.15) is 13.4 Å². The molecule has 0 atom stereocenters. The fraction of sp³-hybridized carbons (Fsp3) is 0.714. The number of methoxy groups -OCH3 is 1. The lowest BCUT2D eigenvalue weighted by Gasteiger charge is -2.01. The minimum atomic E-state index is 0.244. The molecular weight excluding hydrogens is 132 g/mol. The third-order valence-electron chi connectivity index (χ3n) is 0.784. The highest BCUT2D eigenvalue weighted by Gasteiger charge is 1.84. The van der Waals surface area contributed by atoms with E-state index in [0.717, 1.165) is 0 Å². The van der Waals surface area contributed by atoms with E-state index in [1.165, 1.54) is 0 Å². The first-order valence-corrected chi connectivity index (χ1v) is 2.99. The van der Waals surface area contributed by atoms with Crippen LogP contribution in [-0.4, -0.2) is 33.7 Å². The van der Waals surface area contributed by atoms with Gasteiger partial charge in [-0.3, -0.25) is 0 Å². The minimum absolute atomic E-state index is 0.244. The van der Waals surface area contributed by atoms with Gasteiger partial charge in [-0.2, -0.15) is 0 Å². The zero-order valence-electron chi connectivity index (χ0n) is 6.13. The quantitative estimate of drug-likeness (QED) is 0.304. The van der Waals surface area contributed by atoms with E-state index in [1.54, 1.807) is 7.11 Å². The van der Waals surface area contributed by atoms with Crippen LogP contribution in [0.15, 0.2) is 0 Å². The second-order valence-electron chi connectivity index (χ2n) is 1.57. The maximum Gasteiger partial charge on any atom is 0.148 e. The summed E-state index contributed by atoms with van der Waals surface area (Å²) in [5, 5.41) is 0. The Labute approximate surface area is 61.3 Å². The minimum Gasteiger partial charge on any atom is -0.382 e. The highest BCUT2D eigenvalue weighted by atomic mass is 16.7. The molecule has 0 radical (unpaired) electrons. The van der Waals surface area contributed by atoms with Crippen molar-refractivity contribution >= 4 is 0 Å². The monoisotopic (exact) mass is 144 g/mol. The summed E-state index contributed by atoms with van der Waals surface area (Å²) in [5.74, 6) is 2.33. The van der Waals surface area contributed by atoms with Gasteiger partial charge in [-0.05, 0) is 0 Å². The third kappa shape index (κ3) is 7.44. The molecule has 3 nitrogen and oxygen atoms in total. The maximum atomic E-state index is 4.93. The number of hydrogen-bond acceptors (Lipinski definition) is 3. The first kappa shape index (κ1) is 9.44. The second-order valence-corrected chi connectivity index (χ2v) is 1.57. The molecule has 0 fully saturated rings. The van der Waals surface area contributed by atoms with Crippen LogP contribution < -0.4 is 0 Å². The van der Waals surface area contributed by atoms with Gasteiger partial charge in [-0.25, -0.2) is 0 Å². The smallest absolute Gasteiger partial charge is 0.148 e. The molecule has 0 aromatic heterocycles. The summed E-state index contributed by atoms with van der Waals surface area (Å²) < 4.78 is 14.5. The van der Waals surface area contributed by atoms with E-state index in [1.807, 2.05) is 0 Å². The number of rotatable bonds is 6. The Kier molecular flexibility index (Phi) is 7.97. The Morgan fingerprint density at radius 3 is 2.70 bits per heavy atom. The average Bonchev–Trinajstić information content (AvgIpc) is 1.97. The molecule has 0 bridgehead atoms. The molecule has 0 N–H and O–H groups in total. The molecule has 0 aromatic rings. The van der Waals surface area contributed by atoms with Crippen LogP contribution in [0.2, 0.25) is 0 Å². The van der Waals surface area contributed by atoms with Gasteiger partial charge in [-0.1, -0.05) is 5.92 Å². The van der Waals surface area contributed by atoms with Gasteiger partial charge in [0.2, 0.25) is 0 Å². The molecule has 0 saturated heterocycles. The van der Waals surface area contributed by atoms with E-state index in [0.29, 0.717) is 19.8 Å². The lowest BCUT2D eigenvalue weighted by molar-refractivity contribution is -0.0556. The summed E-state index contributed by atoms with van der Waals surface area (Å²) in [7, 11) is 1.62. The maximum absolute atomic E-state index is 4.93. The molecule has 0 rings (SSSR count). The summed E-state index contributed by atoms with van der Waals surface area (Å²) in [6.45, 7) is 1.67. The van der Waals surface area contributed by atoms with E-state index in [2.05, 4.69) is 5.92 Å². The number of ether oxygens (including phenoxy) is 3. The number of terminal acetylenes is 1. The predicted octanol–water partition coefficient (Wildman–Crippen LogP) is 0.257. The zero-order chi connectivity index (χ0) is 7.66. The molecule has 58 valence electrons. The lowest BCUT2D eigenvalue weighted by Crippen LogP contribution is -2.05. The van der Waals surface area contributed by atoms with Gasteiger partial charge >= 0.3 is 0 Å². The standard InChI is InChI=1S/C7H12O3/c1-3-4-9-7-10-6-5-8-2/h1H,4-7H2,2H3. The molecule has 3 heteroatoms. The van der Waals surface area contributed by atoms with Gasteiger partial charge < -0.3 is 14.2 Å². The van der Waals surface area contributed by atoms with Crippen molar-refractivity contribution in [3.05, 3.63) is 0 Å². The first-order valence-electron chi connectivity index (χ1n) is 2.99. The van der Waals surface area contributed by atoms with Gasteiger partial charge in [0, 0.05) is 7.11 Å². The summed E-state index contributed by atoms with van der Waals surface area (Å²) in [5.41, 5.74) is 0. The second kappa shape index (κ2) is 8.44. The van der Waals surface area contributed by atoms with Crippen molar-refractivity contribution in [1.82, 2.24) is 0 Å². The molecule has 0 aliphatic heterocycles. The van der Waals surface area contributed by atoms with Crippen LogP contribution >= 0.6 is 0 Å². The van der Waals surface area contributed by atoms with Crippen LogP contribution in [-0.2, 0) is 14.2 Å². The van der Waals surface area contributed by atoms with Crippen molar-refractivity contribution in [1.29, 1.82) is 0 Å². The van der Waals surface area contributed by atoms with Crippen molar-refractivity contribution in [2.24, 2.45) is 0 Å². The Bertz CT molecular complexity index is 95.5. The molecule has 0 unspecified atom stereocenters. The molecular formula is C7H12O3. The summed E-state index contributed by atoms with van der Waals surface area (Å²) in [6.07, 6.45) is 4.91. The fourth-order valence-electron chi connectivity index (χ4n) is 0.361. The van der Waals surface area contributed by atoms with Crippen molar-refractivity contribution < 1.29 is 14.2 Å². The van der Waals surface area contributed by atoms with Crippen LogP contribution in [0.1, 0.15) is 0 Å². The first-order chi connectivity index (χ1) is 4.91. The van der Waals surface area contributed by atoms with Crippen LogP contribution in [0.3, 0.4) is 0 Å². The van der Waals surface area contributed by atoms with E-state index in [4.69, 9.17) is 20.6 Å². The molecule has 0 saturated carbocycles. The molecule has 0 aliphatic rings. The van der Waals surface area contributed by atoms with E-state index in [9.17, 15) is 0 Å².